The highest BCUT2D eigenvalue weighted by Crippen LogP contribution is 2.22. The molecule has 1 aromatic carbocycles. The van der Waals surface area contributed by atoms with E-state index in [-0.39, 0.29) is 5.91 Å². The van der Waals surface area contributed by atoms with Crippen LogP contribution in [0.2, 0.25) is 0 Å². The monoisotopic (exact) mass is 314 g/mol. The second kappa shape index (κ2) is 5.96. The lowest BCUT2D eigenvalue weighted by Gasteiger charge is -2.06. The van der Waals surface area contributed by atoms with Crippen molar-refractivity contribution in [2.24, 2.45) is 0 Å². The van der Waals surface area contributed by atoms with Gasteiger partial charge in [-0.05, 0) is 36.4 Å². The van der Waals surface area contributed by atoms with Crippen LogP contribution in [-0.2, 0) is 0 Å². The minimum atomic E-state index is -0.185. The van der Waals surface area contributed by atoms with E-state index in [1.807, 2.05) is 59.3 Å². The molecule has 0 bridgehead atoms. The fraction of sp³-hybridized carbons (Fsp3) is 0. The molecule has 0 aliphatic carbocycles. The molecule has 24 heavy (non-hydrogen) atoms. The number of pyridine rings is 2. The lowest BCUT2D eigenvalue weighted by atomic mass is 10.1. The van der Waals surface area contributed by atoms with Crippen LogP contribution in [0.1, 0.15) is 10.4 Å². The van der Waals surface area contributed by atoms with Gasteiger partial charge in [0.1, 0.15) is 5.65 Å². The smallest absolute Gasteiger partial charge is 0.257 e. The van der Waals surface area contributed by atoms with Gasteiger partial charge >= 0.3 is 0 Å². The van der Waals surface area contributed by atoms with E-state index in [9.17, 15) is 4.79 Å². The zero-order valence-corrected chi connectivity index (χ0v) is 12.8. The number of carbonyl (C=O) groups is 1. The standard InChI is InChI=1S/C19H14N4O/c24-19(15-6-4-9-20-12-15)21-16-7-3-5-14(11-16)17-13-23-10-2-1-8-18(23)22-17/h1-13H,(H,21,24). The molecule has 0 fully saturated rings. The number of aromatic nitrogens is 3. The molecular weight excluding hydrogens is 300 g/mol. The Balaban J connectivity index is 1.63. The number of hydrogen-bond donors (Lipinski definition) is 1. The second-order valence-electron chi connectivity index (χ2n) is 5.37. The van der Waals surface area contributed by atoms with E-state index >= 15 is 0 Å². The van der Waals surface area contributed by atoms with Crippen molar-refractivity contribution in [3.63, 3.8) is 0 Å². The first kappa shape index (κ1) is 14.1. The molecule has 5 nitrogen and oxygen atoms in total. The van der Waals surface area contributed by atoms with Crippen LogP contribution in [0.4, 0.5) is 5.69 Å². The van der Waals surface area contributed by atoms with Crippen LogP contribution in [0.25, 0.3) is 16.9 Å². The molecule has 1 amide bonds. The zero-order chi connectivity index (χ0) is 16.4. The number of anilines is 1. The van der Waals surface area contributed by atoms with E-state index in [4.69, 9.17) is 0 Å². The van der Waals surface area contributed by atoms with Gasteiger partial charge in [0.05, 0.1) is 11.3 Å². The summed E-state index contributed by atoms with van der Waals surface area (Å²) in [7, 11) is 0. The lowest BCUT2D eigenvalue weighted by Crippen LogP contribution is -2.11. The van der Waals surface area contributed by atoms with Crippen LogP contribution >= 0.6 is 0 Å². The SMILES string of the molecule is O=C(Nc1cccc(-c2cn3ccccc3n2)c1)c1cccnc1. The number of benzene rings is 1. The maximum Gasteiger partial charge on any atom is 0.257 e. The molecule has 0 spiro atoms. The van der Waals surface area contributed by atoms with Crippen molar-refractivity contribution >= 4 is 17.2 Å². The van der Waals surface area contributed by atoms with Crippen molar-refractivity contribution in [3.8, 4) is 11.3 Å². The molecule has 5 heteroatoms. The molecule has 0 atom stereocenters. The second-order valence-corrected chi connectivity index (χ2v) is 5.37. The van der Waals surface area contributed by atoms with E-state index in [1.165, 1.54) is 0 Å². The summed E-state index contributed by atoms with van der Waals surface area (Å²) < 4.78 is 1.97. The van der Waals surface area contributed by atoms with Gasteiger partial charge in [0.2, 0.25) is 0 Å². The van der Waals surface area contributed by atoms with Crippen molar-refractivity contribution < 1.29 is 4.79 Å². The molecular formula is C19H14N4O. The van der Waals surface area contributed by atoms with E-state index in [0.717, 1.165) is 22.6 Å². The Morgan fingerprint density at radius 3 is 2.83 bits per heavy atom. The predicted molar refractivity (Wildman–Crippen MR) is 92.8 cm³/mol. The Hall–Kier alpha value is -3.47. The van der Waals surface area contributed by atoms with Gasteiger partial charge in [-0.3, -0.25) is 9.78 Å². The topological polar surface area (TPSA) is 59.3 Å². The molecule has 0 aliphatic heterocycles. The first-order valence-electron chi connectivity index (χ1n) is 7.55. The molecule has 0 saturated carbocycles. The minimum Gasteiger partial charge on any atom is -0.322 e. The summed E-state index contributed by atoms with van der Waals surface area (Å²) in [5.41, 5.74) is 3.94. The zero-order valence-electron chi connectivity index (χ0n) is 12.8. The highest BCUT2D eigenvalue weighted by Gasteiger charge is 2.08. The number of imidazole rings is 1. The van der Waals surface area contributed by atoms with Gasteiger partial charge in [0, 0.05) is 36.0 Å². The predicted octanol–water partition coefficient (Wildman–Crippen LogP) is 3.65. The summed E-state index contributed by atoms with van der Waals surface area (Å²) in [4.78, 5) is 20.8. The third-order valence-corrected chi connectivity index (χ3v) is 3.70. The van der Waals surface area contributed by atoms with Crippen molar-refractivity contribution in [1.82, 2.24) is 14.4 Å². The molecule has 1 N–H and O–H groups in total. The number of rotatable bonds is 3. The fourth-order valence-electron chi connectivity index (χ4n) is 2.53. The van der Waals surface area contributed by atoms with Gasteiger partial charge in [0.15, 0.2) is 0 Å². The van der Waals surface area contributed by atoms with Gasteiger partial charge in [0.25, 0.3) is 5.91 Å². The summed E-state index contributed by atoms with van der Waals surface area (Å²) in [6.45, 7) is 0. The number of fused-ring (bicyclic) bond motifs is 1. The Bertz CT molecular complexity index is 975. The molecule has 0 saturated heterocycles. The van der Waals surface area contributed by atoms with E-state index in [0.29, 0.717) is 5.56 Å². The van der Waals surface area contributed by atoms with Crippen LogP contribution in [0, 0.1) is 0 Å². The third-order valence-electron chi connectivity index (χ3n) is 3.70. The van der Waals surface area contributed by atoms with E-state index in [1.54, 1.807) is 24.5 Å². The minimum absolute atomic E-state index is 0.185. The highest BCUT2D eigenvalue weighted by molar-refractivity contribution is 6.04. The van der Waals surface area contributed by atoms with Crippen LogP contribution in [0.5, 0.6) is 0 Å². The maximum absolute atomic E-state index is 12.2. The van der Waals surface area contributed by atoms with Crippen molar-refractivity contribution in [2.45, 2.75) is 0 Å². The Morgan fingerprint density at radius 2 is 2.00 bits per heavy atom. The van der Waals surface area contributed by atoms with Gasteiger partial charge in [-0.1, -0.05) is 18.2 Å². The summed E-state index contributed by atoms with van der Waals surface area (Å²) in [6.07, 6.45) is 7.11. The van der Waals surface area contributed by atoms with Gasteiger partial charge < -0.3 is 9.72 Å². The summed E-state index contributed by atoms with van der Waals surface area (Å²) in [5.74, 6) is -0.185. The van der Waals surface area contributed by atoms with Crippen LogP contribution < -0.4 is 5.32 Å². The summed E-state index contributed by atoms with van der Waals surface area (Å²) in [6, 6.07) is 17.0. The van der Waals surface area contributed by atoms with Crippen molar-refractivity contribution in [1.29, 1.82) is 0 Å². The number of nitrogens with zero attached hydrogens (tertiary/aromatic N) is 3. The quantitative estimate of drug-likeness (QED) is 0.628. The van der Waals surface area contributed by atoms with Crippen molar-refractivity contribution in [2.75, 3.05) is 5.32 Å². The summed E-state index contributed by atoms with van der Waals surface area (Å²) >= 11 is 0. The number of nitrogens with one attached hydrogen (secondary N) is 1. The lowest BCUT2D eigenvalue weighted by molar-refractivity contribution is 0.102. The van der Waals surface area contributed by atoms with Gasteiger partial charge in [-0.2, -0.15) is 0 Å². The Morgan fingerprint density at radius 1 is 1.04 bits per heavy atom. The largest absolute Gasteiger partial charge is 0.322 e. The molecule has 3 heterocycles. The third kappa shape index (κ3) is 2.75. The number of amides is 1. The van der Waals surface area contributed by atoms with Gasteiger partial charge in [-0.25, -0.2) is 4.98 Å². The number of hydrogen-bond acceptors (Lipinski definition) is 3. The average Bonchev–Trinajstić information content (AvgIpc) is 3.07. The normalized spacial score (nSPS) is 10.7. The molecule has 0 unspecified atom stereocenters. The average molecular weight is 314 g/mol. The highest BCUT2D eigenvalue weighted by atomic mass is 16.1. The molecule has 4 rings (SSSR count). The molecule has 4 aromatic rings. The molecule has 0 radical (unpaired) electrons. The first-order chi connectivity index (χ1) is 11.8. The van der Waals surface area contributed by atoms with Crippen LogP contribution in [0.15, 0.2) is 79.4 Å². The van der Waals surface area contributed by atoms with Crippen molar-refractivity contribution in [3.05, 3.63) is 84.9 Å². The maximum atomic E-state index is 12.2. The first-order valence-corrected chi connectivity index (χ1v) is 7.55. The summed E-state index contributed by atoms with van der Waals surface area (Å²) in [5, 5.41) is 2.89. The van der Waals surface area contributed by atoms with E-state index in [2.05, 4.69) is 15.3 Å². The Kier molecular flexibility index (Phi) is 3.51. The van der Waals surface area contributed by atoms with Crippen LogP contribution in [0.3, 0.4) is 0 Å². The van der Waals surface area contributed by atoms with E-state index < -0.39 is 0 Å². The molecule has 0 aliphatic rings. The van der Waals surface area contributed by atoms with Crippen LogP contribution in [-0.4, -0.2) is 20.3 Å². The molecule has 3 aromatic heterocycles. The number of carbonyl (C=O) groups excluding carboxylic acids is 1. The van der Waals surface area contributed by atoms with Gasteiger partial charge in [-0.15, -0.1) is 0 Å². The fourth-order valence-corrected chi connectivity index (χ4v) is 2.53. The Labute approximate surface area is 138 Å². The molecule has 116 valence electrons.